The van der Waals surface area contributed by atoms with Crippen LogP contribution in [0.3, 0.4) is 0 Å². The van der Waals surface area contributed by atoms with Crippen molar-refractivity contribution in [2.75, 3.05) is 33.4 Å². The van der Waals surface area contributed by atoms with Crippen LogP contribution in [-0.4, -0.2) is 58.5 Å². The van der Waals surface area contributed by atoms with Crippen LogP contribution in [0.1, 0.15) is 37.1 Å². The summed E-state index contributed by atoms with van der Waals surface area (Å²) in [5, 5.41) is 7.44. The first-order valence-electron chi connectivity index (χ1n) is 10.4. The van der Waals surface area contributed by atoms with Crippen molar-refractivity contribution in [1.29, 1.82) is 0 Å². The minimum Gasteiger partial charge on any atom is -0.383 e. The van der Waals surface area contributed by atoms with Crippen LogP contribution in [0.5, 0.6) is 0 Å². The number of ether oxygens (including phenoxy) is 1. The van der Waals surface area contributed by atoms with E-state index in [-0.39, 0.29) is 23.3 Å². The number of rotatable bonds is 9. The quantitative estimate of drug-likeness (QED) is 0.664. The van der Waals surface area contributed by atoms with Gasteiger partial charge in [0.1, 0.15) is 11.6 Å². The normalized spacial score (nSPS) is 15.4. The Bertz CT molecular complexity index is 885. The van der Waals surface area contributed by atoms with Gasteiger partial charge in [0, 0.05) is 26.1 Å². The fraction of sp³-hybridized carbons (Fsp3) is 0.571. The molecule has 0 bridgehead atoms. The van der Waals surface area contributed by atoms with Gasteiger partial charge in [0.05, 0.1) is 19.7 Å². The van der Waals surface area contributed by atoms with Crippen LogP contribution in [0.4, 0.5) is 4.39 Å². The summed E-state index contributed by atoms with van der Waals surface area (Å²) in [6.07, 6.45) is 1.71. The number of aromatic nitrogens is 3. The van der Waals surface area contributed by atoms with E-state index in [9.17, 15) is 14.0 Å². The average molecular weight is 420 g/mol. The maximum atomic E-state index is 13.0. The maximum absolute atomic E-state index is 13.0. The van der Waals surface area contributed by atoms with Crippen LogP contribution < -0.4 is 11.0 Å². The van der Waals surface area contributed by atoms with E-state index in [1.54, 1.807) is 23.8 Å². The van der Waals surface area contributed by atoms with Crippen molar-refractivity contribution in [3.05, 3.63) is 52.0 Å². The summed E-state index contributed by atoms with van der Waals surface area (Å²) in [4.78, 5) is 26.9. The van der Waals surface area contributed by atoms with Gasteiger partial charge in [-0.05, 0) is 50.6 Å². The summed E-state index contributed by atoms with van der Waals surface area (Å²) in [7, 11) is 1.61. The summed E-state index contributed by atoms with van der Waals surface area (Å²) >= 11 is 0. The van der Waals surface area contributed by atoms with Gasteiger partial charge in [-0.3, -0.25) is 14.3 Å². The van der Waals surface area contributed by atoms with Crippen LogP contribution in [0.2, 0.25) is 0 Å². The van der Waals surface area contributed by atoms with Gasteiger partial charge in [0.15, 0.2) is 0 Å². The minimum absolute atomic E-state index is 0.0490. The molecule has 1 amide bonds. The zero-order valence-corrected chi connectivity index (χ0v) is 17.6. The van der Waals surface area contributed by atoms with Gasteiger partial charge in [-0.1, -0.05) is 12.1 Å². The Morgan fingerprint density at radius 3 is 2.60 bits per heavy atom. The van der Waals surface area contributed by atoms with Crippen LogP contribution >= 0.6 is 0 Å². The number of benzene rings is 1. The first kappa shape index (κ1) is 22.2. The molecule has 8 nitrogen and oxygen atoms in total. The topological polar surface area (TPSA) is 81.4 Å². The van der Waals surface area contributed by atoms with Gasteiger partial charge >= 0.3 is 5.69 Å². The van der Waals surface area contributed by atoms with Crippen molar-refractivity contribution in [3.8, 4) is 0 Å². The van der Waals surface area contributed by atoms with Crippen LogP contribution in [-0.2, 0) is 29.2 Å². The molecule has 2 heterocycles. The predicted octanol–water partition coefficient (Wildman–Crippen LogP) is 1.35. The first-order chi connectivity index (χ1) is 14.5. The Morgan fingerprint density at radius 2 is 1.97 bits per heavy atom. The highest BCUT2D eigenvalue weighted by Gasteiger charge is 2.27. The molecular formula is C21H30FN5O3. The van der Waals surface area contributed by atoms with Crippen molar-refractivity contribution >= 4 is 5.91 Å². The lowest BCUT2D eigenvalue weighted by atomic mass is 9.96. The Morgan fingerprint density at radius 1 is 1.27 bits per heavy atom. The molecule has 1 aromatic carbocycles. The van der Waals surface area contributed by atoms with E-state index in [1.807, 2.05) is 6.92 Å². The van der Waals surface area contributed by atoms with E-state index >= 15 is 0 Å². The molecule has 9 heteroatoms. The minimum atomic E-state index is -0.287. The first-order valence-corrected chi connectivity index (χ1v) is 10.4. The Balaban J connectivity index is 1.50. The molecule has 1 aliphatic rings. The third-order valence-electron chi connectivity index (χ3n) is 5.50. The van der Waals surface area contributed by atoms with Gasteiger partial charge in [0.25, 0.3) is 0 Å². The molecule has 0 atom stereocenters. The molecular weight excluding hydrogens is 389 g/mol. The molecule has 1 saturated heterocycles. The Kier molecular flexibility index (Phi) is 7.75. The molecule has 0 unspecified atom stereocenters. The molecule has 0 aliphatic carbocycles. The van der Waals surface area contributed by atoms with Crippen molar-refractivity contribution in [1.82, 2.24) is 24.6 Å². The van der Waals surface area contributed by atoms with E-state index < -0.39 is 0 Å². The number of piperidine rings is 1. The molecule has 30 heavy (non-hydrogen) atoms. The van der Waals surface area contributed by atoms with E-state index in [2.05, 4.69) is 15.3 Å². The molecule has 0 saturated carbocycles. The van der Waals surface area contributed by atoms with Crippen LogP contribution in [0, 0.1) is 5.82 Å². The lowest BCUT2D eigenvalue weighted by Gasteiger charge is -2.30. The van der Waals surface area contributed by atoms with Gasteiger partial charge in [0.2, 0.25) is 5.91 Å². The molecule has 1 aromatic heterocycles. The monoisotopic (exact) mass is 419 g/mol. The summed E-state index contributed by atoms with van der Waals surface area (Å²) in [5.41, 5.74) is 0.775. The van der Waals surface area contributed by atoms with Crippen molar-refractivity contribution < 1.29 is 13.9 Å². The maximum Gasteiger partial charge on any atom is 0.345 e. The van der Waals surface area contributed by atoms with Crippen LogP contribution in [0.15, 0.2) is 29.1 Å². The lowest BCUT2D eigenvalue weighted by Crippen LogP contribution is -2.41. The van der Waals surface area contributed by atoms with Gasteiger partial charge in [-0.25, -0.2) is 13.9 Å². The Labute approximate surface area is 175 Å². The van der Waals surface area contributed by atoms with Gasteiger partial charge < -0.3 is 10.1 Å². The molecule has 0 spiro atoms. The zero-order valence-electron chi connectivity index (χ0n) is 17.6. The highest BCUT2D eigenvalue weighted by Crippen LogP contribution is 2.26. The second-order valence-electron chi connectivity index (χ2n) is 7.55. The number of hydrogen-bond acceptors (Lipinski definition) is 5. The molecule has 1 fully saturated rings. The van der Waals surface area contributed by atoms with E-state index in [4.69, 9.17) is 4.74 Å². The SMILES string of the molecule is CCn1c(C2CCN(CC(=O)NCc3ccc(F)cc3)CC2)nn(CCOC)c1=O. The average Bonchev–Trinajstić information content (AvgIpc) is 3.07. The fourth-order valence-corrected chi connectivity index (χ4v) is 3.79. The number of halogens is 1. The van der Waals surface area contributed by atoms with Crippen LogP contribution in [0.25, 0.3) is 0 Å². The van der Waals surface area contributed by atoms with E-state index in [0.717, 1.165) is 37.3 Å². The number of likely N-dealkylation sites (tertiary alicyclic amines) is 1. The predicted molar refractivity (Wildman–Crippen MR) is 111 cm³/mol. The summed E-state index contributed by atoms with van der Waals surface area (Å²) in [6, 6.07) is 6.11. The number of carbonyl (C=O) groups excluding carboxylic acids is 1. The van der Waals surface area contributed by atoms with Crippen molar-refractivity contribution in [3.63, 3.8) is 0 Å². The number of methoxy groups -OCH3 is 1. The second kappa shape index (κ2) is 10.5. The van der Waals surface area contributed by atoms with Gasteiger partial charge in [-0.2, -0.15) is 5.10 Å². The standard InChI is InChI=1S/C21H30FN5O3/c1-3-26-20(24-27(21(26)29)12-13-30-2)17-8-10-25(11-9-17)15-19(28)23-14-16-4-6-18(22)7-5-16/h4-7,17H,3,8-15H2,1-2H3,(H,23,28). The molecule has 164 valence electrons. The molecule has 3 rings (SSSR count). The smallest absolute Gasteiger partial charge is 0.345 e. The number of amides is 1. The summed E-state index contributed by atoms with van der Waals surface area (Å²) in [5.74, 6) is 0.705. The molecule has 1 aliphatic heterocycles. The lowest BCUT2D eigenvalue weighted by molar-refractivity contribution is -0.122. The number of carbonyl (C=O) groups is 1. The Hall–Kier alpha value is -2.52. The third-order valence-corrected chi connectivity index (χ3v) is 5.50. The molecule has 0 radical (unpaired) electrons. The van der Waals surface area contributed by atoms with E-state index in [0.29, 0.717) is 32.8 Å². The highest BCUT2D eigenvalue weighted by atomic mass is 19.1. The van der Waals surface area contributed by atoms with Crippen molar-refractivity contribution in [2.24, 2.45) is 0 Å². The third kappa shape index (κ3) is 5.54. The van der Waals surface area contributed by atoms with Gasteiger partial charge in [-0.15, -0.1) is 0 Å². The number of nitrogens with zero attached hydrogens (tertiary/aromatic N) is 4. The fourth-order valence-electron chi connectivity index (χ4n) is 3.79. The van der Waals surface area contributed by atoms with E-state index in [1.165, 1.54) is 16.8 Å². The largest absolute Gasteiger partial charge is 0.383 e. The highest BCUT2D eigenvalue weighted by molar-refractivity contribution is 5.78. The second-order valence-corrected chi connectivity index (χ2v) is 7.55. The summed E-state index contributed by atoms with van der Waals surface area (Å²) in [6.45, 7) is 5.71. The number of hydrogen-bond donors (Lipinski definition) is 1. The summed E-state index contributed by atoms with van der Waals surface area (Å²) < 4.78 is 21.2. The zero-order chi connectivity index (χ0) is 21.5. The number of nitrogens with one attached hydrogen (secondary N) is 1. The van der Waals surface area contributed by atoms with Crippen molar-refractivity contribution in [2.45, 2.75) is 45.3 Å². The molecule has 2 aromatic rings. The molecule has 1 N–H and O–H groups in total.